The first kappa shape index (κ1) is 21.7. The van der Waals surface area contributed by atoms with Crippen molar-refractivity contribution in [2.75, 3.05) is 90.9 Å². The molecule has 30 heavy (non-hydrogen) atoms. The summed E-state index contributed by atoms with van der Waals surface area (Å²) in [5.41, 5.74) is 1.01. The van der Waals surface area contributed by atoms with E-state index in [2.05, 4.69) is 4.90 Å². The molecule has 0 atom stereocenters. The molecule has 3 aliphatic heterocycles. The molecule has 166 valence electrons. The van der Waals surface area contributed by atoms with Gasteiger partial charge in [0, 0.05) is 52.0 Å². The van der Waals surface area contributed by atoms with E-state index in [0.29, 0.717) is 65.8 Å². The van der Waals surface area contributed by atoms with Crippen LogP contribution in [-0.4, -0.2) is 106 Å². The Balaban J connectivity index is 1.73. The normalized spacial score (nSPS) is 22.8. The minimum atomic E-state index is -3.20. The van der Waals surface area contributed by atoms with Gasteiger partial charge >= 0.3 is 7.59 Å². The lowest BCUT2D eigenvalue weighted by Gasteiger charge is -2.41. The minimum Gasteiger partial charge on any atom is -0.379 e. The average Bonchev–Trinajstić information content (AvgIpc) is 2.84. The smallest absolute Gasteiger partial charge is 0.332 e. The molecule has 0 aliphatic carbocycles. The molecule has 3 heterocycles. The van der Waals surface area contributed by atoms with Gasteiger partial charge in [0.25, 0.3) is 0 Å². The second kappa shape index (κ2) is 10.2. The lowest BCUT2D eigenvalue weighted by Crippen LogP contribution is -2.49. The van der Waals surface area contributed by atoms with Crippen LogP contribution in [0.3, 0.4) is 0 Å². The number of hydrogen-bond donors (Lipinski definition) is 0. The highest BCUT2D eigenvalue weighted by Gasteiger charge is 2.40. The van der Waals surface area contributed by atoms with Crippen LogP contribution < -0.4 is 4.90 Å². The maximum absolute atomic E-state index is 14.6. The van der Waals surface area contributed by atoms with Crippen molar-refractivity contribution in [3.63, 3.8) is 0 Å². The highest BCUT2D eigenvalue weighted by atomic mass is 31.2. The summed E-state index contributed by atoms with van der Waals surface area (Å²) in [6.07, 6.45) is 0. The number of rotatable bonds is 4. The Bertz CT molecular complexity index is 725. The van der Waals surface area contributed by atoms with Gasteiger partial charge in [-0.2, -0.15) is 4.76 Å². The molecule has 3 saturated heterocycles. The SMILES string of the molecule is CN(C(=NP(=O)(N1CCOCC1)N1CCOCC1)N1CCOCC1)c1ccccc1. The molecule has 4 rings (SSSR count). The van der Waals surface area contributed by atoms with Gasteiger partial charge in [-0.1, -0.05) is 18.2 Å². The zero-order valence-corrected chi connectivity index (χ0v) is 18.6. The van der Waals surface area contributed by atoms with Gasteiger partial charge in [0.15, 0.2) is 0 Å². The third kappa shape index (κ3) is 4.88. The number of para-hydroxylation sites is 1. The Morgan fingerprint density at radius 3 is 1.80 bits per heavy atom. The molecule has 0 amide bonds. The Morgan fingerprint density at radius 1 is 0.833 bits per heavy atom. The summed E-state index contributed by atoms with van der Waals surface area (Å²) in [5.74, 6) is 0.728. The molecular formula is C20H32N5O4P. The quantitative estimate of drug-likeness (QED) is 0.400. The fourth-order valence-electron chi connectivity index (χ4n) is 3.92. The number of morpholine rings is 3. The number of benzene rings is 1. The van der Waals surface area contributed by atoms with Gasteiger partial charge in [0.2, 0.25) is 5.96 Å². The number of ether oxygens (including phenoxy) is 3. The number of anilines is 1. The first-order chi connectivity index (χ1) is 14.7. The van der Waals surface area contributed by atoms with Crippen molar-refractivity contribution in [2.45, 2.75) is 0 Å². The van der Waals surface area contributed by atoms with Gasteiger partial charge in [0.1, 0.15) is 0 Å². The molecule has 0 saturated carbocycles. The molecule has 1 aromatic rings. The third-order valence-corrected chi connectivity index (χ3v) is 8.38. The first-order valence-electron chi connectivity index (χ1n) is 10.7. The van der Waals surface area contributed by atoms with E-state index in [9.17, 15) is 4.57 Å². The molecule has 0 radical (unpaired) electrons. The monoisotopic (exact) mass is 437 g/mol. The lowest BCUT2D eigenvalue weighted by molar-refractivity contribution is 0.0521. The van der Waals surface area contributed by atoms with Crippen molar-refractivity contribution >= 4 is 19.2 Å². The van der Waals surface area contributed by atoms with Crippen LogP contribution in [0.2, 0.25) is 0 Å². The molecule has 1 aromatic carbocycles. The summed E-state index contributed by atoms with van der Waals surface area (Å²) in [6.45, 7) is 7.49. The summed E-state index contributed by atoms with van der Waals surface area (Å²) in [4.78, 5) is 4.23. The average molecular weight is 437 g/mol. The highest BCUT2D eigenvalue weighted by molar-refractivity contribution is 7.57. The van der Waals surface area contributed by atoms with Crippen LogP contribution in [-0.2, 0) is 18.8 Å². The van der Waals surface area contributed by atoms with Crippen LogP contribution >= 0.6 is 7.59 Å². The predicted octanol–water partition coefficient (Wildman–Crippen LogP) is 1.58. The molecule has 0 spiro atoms. The zero-order chi connectivity index (χ0) is 20.8. The molecule has 0 unspecified atom stereocenters. The van der Waals surface area contributed by atoms with E-state index in [1.165, 1.54) is 0 Å². The van der Waals surface area contributed by atoms with Crippen LogP contribution in [0.5, 0.6) is 0 Å². The maximum atomic E-state index is 14.6. The van der Waals surface area contributed by atoms with E-state index >= 15 is 0 Å². The van der Waals surface area contributed by atoms with Crippen molar-refractivity contribution in [2.24, 2.45) is 4.76 Å². The Labute approximate surface area is 178 Å². The summed E-state index contributed by atoms with van der Waals surface area (Å²) in [5, 5.41) is 0. The van der Waals surface area contributed by atoms with E-state index < -0.39 is 7.59 Å². The van der Waals surface area contributed by atoms with Gasteiger partial charge in [-0.3, -0.25) is 4.57 Å². The number of hydrogen-bond acceptors (Lipinski definition) is 4. The Hall–Kier alpha value is -1.48. The van der Waals surface area contributed by atoms with E-state index in [-0.39, 0.29) is 0 Å². The molecule has 3 aliphatic rings. The topological polar surface area (TPSA) is 70.1 Å². The fraction of sp³-hybridized carbons (Fsp3) is 0.650. The van der Waals surface area contributed by atoms with E-state index in [1.807, 2.05) is 51.6 Å². The largest absolute Gasteiger partial charge is 0.379 e. The first-order valence-corrected chi connectivity index (χ1v) is 12.2. The maximum Gasteiger partial charge on any atom is 0.332 e. The summed E-state index contributed by atoms with van der Waals surface area (Å²) >= 11 is 0. The summed E-state index contributed by atoms with van der Waals surface area (Å²) in [6, 6.07) is 10.1. The minimum absolute atomic E-state index is 0.575. The molecule has 0 N–H and O–H groups in total. The van der Waals surface area contributed by atoms with Gasteiger partial charge in [-0.15, -0.1) is 0 Å². The van der Waals surface area contributed by atoms with Crippen molar-refractivity contribution in [3.05, 3.63) is 30.3 Å². The number of guanidine groups is 1. The van der Waals surface area contributed by atoms with Crippen LogP contribution in [0.15, 0.2) is 35.1 Å². The molecule has 0 aromatic heterocycles. The van der Waals surface area contributed by atoms with E-state index in [1.54, 1.807) is 0 Å². The zero-order valence-electron chi connectivity index (χ0n) is 17.7. The van der Waals surface area contributed by atoms with Crippen molar-refractivity contribution in [3.8, 4) is 0 Å². The predicted molar refractivity (Wildman–Crippen MR) is 117 cm³/mol. The van der Waals surface area contributed by atoms with Crippen molar-refractivity contribution in [1.82, 2.24) is 14.2 Å². The number of nitrogens with zero attached hydrogens (tertiary/aromatic N) is 5. The highest BCUT2D eigenvalue weighted by Crippen LogP contribution is 2.55. The van der Waals surface area contributed by atoms with Gasteiger partial charge in [-0.25, -0.2) is 9.34 Å². The molecule has 3 fully saturated rings. The summed E-state index contributed by atoms with van der Waals surface area (Å²) in [7, 11) is -1.20. The summed E-state index contributed by atoms with van der Waals surface area (Å²) < 4.78 is 40.3. The standard InChI is InChI=1S/C20H32N5O4P/c1-22(19-5-3-2-4-6-19)20(23-7-13-27-14-8-23)21-30(26,24-9-15-28-16-10-24)25-11-17-29-18-12-25/h2-6H,7-18H2,1H3. The van der Waals surface area contributed by atoms with Crippen LogP contribution in [0.25, 0.3) is 0 Å². The van der Waals surface area contributed by atoms with Gasteiger partial charge < -0.3 is 24.0 Å². The molecule has 0 bridgehead atoms. The van der Waals surface area contributed by atoms with Crippen molar-refractivity contribution < 1.29 is 18.8 Å². The molecule has 9 nitrogen and oxygen atoms in total. The third-order valence-electron chi connectivity index (χ3n) is 5.67. The van der Waals surface area contributed by atoms with Crippen LogP contribution in [0.4, 0.5) is 5.69 Å². The van der Waals surface area contributed by atoms with Crippen molar-refractivity contribution in [1.29, 1.82) is 0 Å². The van der Waals surface area contributed by atoms with Crippen LogP contribution in [0.1, 0.15) is 0 Å². The second-order valence-electron chi connectivity index (χ2n) is 7.54. The van der Waals surface area contributed by atoms with E-state index in [4.69, 9.17) is 19.0 Å². The van der Waals surface area contributed by atoms with E-state index in [0.717, 1.165) is 24.7 Å². The molecule has 10 heteroatoms. The lowest BCUT2D eigenvalue weighted by atomic mass is 10.3. The van der Waals surface area contributed by atoms with Crippen LogP contribution in [0, 0.1) is 0 Å². The van der Waals surface area contributed by atoms with Gasteiger partial charge in [-0.05, 0) is 12.1 Å². The second-order valence-corrected chi connectivity index (χ2v) is 9.90. The fourth-order valence-corrected chi connectivity index (χ4v) is 6.40. The Morgan fingerprint density at radius 2 is 1.30 bits per heavy atom. The van der Waals surface area contributed by atoms with Gasteiger partial charge in [0.05, 0.1) is 39.6 Å². The Kier molecular flexibility index (Phi) is 7.41. The molecular weight excluding hydrogens is 405 g/mol.